The summed E-state index contributed by atoms with van der Waals surface area (Å²) in [5, 5.41) is 10.8. The number of halogens is 1. The first-order valence-corrected chi connectivity index (χ1v) is 8.00. The number of rotatable bonds is 5. The molecule has 0 heterocycles. The van der Waals surface area contributed by atoms with Crippen molar-refractivity contribution in [3.8, 4) is 0 Å². The molecule has 0 bridgehead atoms. The van der Waals surface area contributed by atoms with Crippen molar-refractivity contribution in [2.45, 2.75) is 12.8 Å². The summed E-state index contributed by atoms with van der Waals surface area (Å²) >= 11 is 0. The van der Waals surface area contributed by atoms with Crippen LogP contribution in [0.5, 0.6) is 0 Å². The van der Waals surface area contributed by atoms with Gasteiger partial charge in [-0.3, -0.25) is 4.57 Å². The van der Waals surface area contributed by atoms with E-state index in [1.807, 2.05) is 0 Å². The van der Waals surface area contributed by atoms with Crippen molar-refractivity contribution >= 4 is 12.7 Å². The highest BCUT2D eigenvalue weighted by Gasteiger charge is 2.35. The standard InChI is InChI=1S/C15H16FO3P/c1-2-19-20(18,14-6-4-3-5-7-14)15(17)12-8-10-13(16)11-9-12/h3-11,15,17H,2H2,1H3/t15-,20-/m1/s1. The largest absolute Gasteiger partial charge is 0.378 e. The van der Waals surface area contributed by atoms with Crippen molar-refractivity contribution in [2.24, 2.45) is 0 Å². The lowest BCUT2D eigenvalue weighted by Crippen LogP contribution is -2.14. The molecule has 0 unspecified atom stereocenters. The first kappa shape index (κ1) is 14.9. The predicted octanol–water partition coefficient (Wildman–Crippen LogP) is 3.46. The van der Waals surface area contributed by atoms with E-state index in [-0.39, 0.29) is 6.61 Å². The van der Waals surface area contributed by atoms with Crippen LogP contribution in [0.4, 0.5) is 4.39 Å². The lowest BCUT2D eigenvalue weighted by atomic mass is 10.2. The van der Waals surface area contributed by atoms with Gasteiger partial charge >= 0.3 is 0 Å². The summed E-state index contributed by atoms with van der Waals surface area (Å²) in [5.41, 5.74) is 0.368. The fourth-order valence-electron chi connectivity index (χ4n) is 1.95. The van der Waals surface area contributed by atoms with E-state index < -0.39 is 19.0 Å². The zero-order valence-corrected chi connectivity index (χ0v) is 12.0. The molecule has 106 valence electrons. The van der Waals surface area contributed by atoms with Crippen LogP contribution in [0.2, 0.25) is 0 Å². The Morgan fingerprint density at radius 3 is 2.30 bits per heavy atom. The first-order chi connectivity index (χ1) is 9.58. The highest BCUT2D eigenvalue weighted by Crippen LogP contribution is 2.57. The Bertz CT molecular complexity index is 598. The van der Waals surface area contributed by atoms with Crippen LogP contribution in [-0.4, -0.2) is 11.7 Å². The quantitative estimate of drug-likeness (QED) is 0.859. The van der Waals surface area contributed by atoms with Crippen LogP contribution in [0.3, 0.4) is 0 Å². The van der Waals surface area contributed by atoms with Crippen LogP contribution in [0, 0.1) is 5.82 Å². The van der Waals surface area contributed by atoms with Gasteiger partial charge in [0, 0.05) is 5.30 Å². The minimum absolute atomic E-state index is 0.213. The highest BCUT2D eigenvalue weighted by molar-refractivity contribution is 7.67. The molecule has 0 saturated carbocycles. The third-order valence-electron chi connectivity index (χ3n) is 2.93. The maximum Gasteiger partial charge on any atom is 0.264 e. The summed E-state index contributed by atoms with van der Waals surface area (Å²) in [6.45, 7) is 1.93. The zero-order chi connectivity index (χ0) is 14.6. The molecular weight excluding hydrogens is 278 g/mol. The molecule has 0 aliphatic carbocycles. The highest BCUT2D eigenvalue weighted by atomic mass is 31.2. The minimum atomic E-state index is -3.47. The molecule has 2 aromatic carbocycles. The molecule has 0 amide bonds. The van der Waals surface area contributed by atoms with Crippen LogP contribution in [-0.2, 0) is 9.09 Å². The Morgan fingerprint density at radius 2 is 1.75 bits per heavy atom. The number of aliphatic hydroxyl groups excluding tert-OH is 1. The van der Waals surface area contributed by atoms with Gasteiger partial charge in [-0.15, -0.1) is 0 Å². The summed E-state index contributed by atoms with van der Waals surface area (Å²) in [4.78, 5) is 0. The van der Waals surface area contributed by atoms with Gasteiger partial charge in [-0.25, -0.2) is 4.39 Å². The molecule has 0 aromatic heterocycles. The Kier molecular flexibility index (Phi) is 4.71. The molecule has 3 nitrogen and oxygen atoms in total. The fraction of sp³-hybridized carbons (Fsp3) is 0.200. The molecule has 0 radical (unpaired) electrons. The van der Waals surface area contributed by atoms with E-state index in [2.05, 4.69) is 0 Å². The molecule has 20 heavy (non-hydrogen) atoms. The predicted molar refractivity (Wildman–Crippen MR) is 76.7 cm³/mol. The van der Waals surface area contributed by atoms with Crippen molar-refractivity contribution in [1.82, 2.24) is 0 Å². The maximum absolute atomic E-state index is 13.0. The molecule has 0 fully saturated rings. The maximum atomic E-state index is 13.0. The van der Waals surface area contributed by atoms with E-state index in [9.17, 15) is 14.1 Å². The van der Waals surface area contributed by atoms with E-state index in [0.29, 0.717) is 10.9 Å². The van der Waals surface area contributed by atoms with E-state index in [4.69, 9.17) is 4.52 Å². The average molecular weight is 294 g/mol. The van der Waals surface area contributed by atoms with E-state index >= 15 is 0 Å². The number of hydrogen-bond donors (Lipinski definition) is 1. The van der Waals surface area contributed by atoms with Crippen molar-refractivity contribution < 1.29 is 18.6 Å². The smallest absolute Gasteiger partial charge is 0.264 e. The number of aliphatic hydroxyl groups is 1. The van der Waals surface area contributed by atoms with E-state index in [1.54, 1.807) is 37.3 Å². The second kappa shape index (κ2) is 6.31. The molecule has 0 aliphatic rings. The van der Waals surface area contributed by atoms with Gasteiger partial charge in [0.1, 0.15) is 5.82 Å². The topological polar surface area (TPSA) is 46.5 Å². The van der Waals surface area contributed by atoms with Crippen molar-refractivity contribution in [3.05, 3.63) is 66.0 Å². The lowest BCUT2D eigenvalue weighted by Gasteiger charge is -2.23. The van der Waals surface area contributed by atoms with Gasteiger partial charge in [-0.1, -0.05) is 30.3 Å². The summed E-state index contributed by atoms with van der Waals surface area (Å²) in [7, 11) is -3.47. The minimum Gasteiger partial charge on any atom is -0.378 e. The zero-order valence-electron chi connectivity index (χ0n) is 11.1. The van der Waals surface area contributed by atoms with Crippen LogP contribution >= 0.6 is 7.37 Å². The molecule has 0 aliphatic heterocycles. The van der Waals surface area contributed by atoms with Crippen LogP contribution in [0.1, 0.15) is 18.3 Å². The molecule has 1 N–H and O–H groups in total. The molecule has 2 atom stereocenters. The molecule has 2 rings (SSSR count). The Balaban J connectivity index is 2.42. The average Bonchev–Trinajstić information content (AvgIpc) is 2.48. The van der Waals surface area contributed by atoms with Gasteiger partial charge < -0.3 is 9.63 Å². The Labute approximate surface area is 117 Å². The number of benzene rings is 2. The van der Waals surface area contributed by atoms with Crippen molar-refractivity contribution in [2.75, 3.05) is 6.61 Å². The van der Waals surface area contributed by atoms with Gasteiger partial charge in [0.25, 0.3) is 7.37 Å². The molecule has 0 spiro atoms. The summed E-state index contributed by atoms with van der Waals surface area (Å²) in [5.74, 6) is -1.72. The van der Waals surface area contributed by atoms with Gasteiger partial charge in [0.05, 0.1) is 6.61 Å². The van der Waals surface area contributed by atoms with Crippen LogP contribution < -0.4 is 5.30 Å². The molecule has 0 saturated heterocycles. The summed E-state index contributed by atoms with van der Waals surface area (Å²) < 4.78 is 31.3. The SMILES string of the molecule is CCO[P@](=O)(c1ccccc1)[C@@H](O)c1ccc(F)cc1. The molecular formula is C15H16FO3P. The number of hydrogen-bond acceptors (Lipinski definition) is 3. The summed E-state index contributed by atoms with van der Waals surface area (Å²) in [6, 6.07) is 13.8. The van der Waals surface area contributed by atoms with Crippen LogP contribution in [0.15, 0.2) is 54.6 Å². The van der Waals surface area contributed by atoms with E-state index in [1.165, 1.54) is 24.3 Å². The second-order valence-corrected chi connectivity index (χ2v) is 6.73. The van der Waals surface area contributed by atoms with Gasteiger partial charge in [-0.2, -0.15) is 0 Å². The summed E-state index contributed by atoms with van der Waals surface area (Å²) in [6.07, 6.45) is 0. The van der Waals surface area contributed by atoms with E-state index in [0.717, 1.165) is 0 Å². The van der Waals surface area contributed by atoms with Gasteiger partial charge in [-0.05, 0) is 36.8 Å². The van der Waals surface area contributed by atoms with Crippen LogP contribution in [0.25, 0.3) is 0 Å². The Hall–Kier alpha value is -1.48. The molecule has 2 aromatic rings. The Morgan fingerprint density at radius 1 is 1.15 bits per heavy atom. The van der Waals surface area contributed by atoms with Crippen molar-refractivity contribution in [3.63, 3.8) is 0 Å². The second-order valence-electron chi connectivity index (χ2n) is 4.28. The van der Waals surface area contributed by atoms with Crippen molar-refractivity contribution in [1.29, 1.82) is 0 Å². The fourth-order valence-corrected chi connectivity index (χ4v) is 4.05. The van der Waals surface area contributed by atoms with Gasteiger partial charge in [0.2, 0.25) is 0 Å². The normalized spacial score (nSPS) is 15.6. The first-order valence-electron chi connectivity index (χ1n) is 6.31. The third-order valence-corrected chi connectivity index (χ3v) is 5.53. The van der Waals surface area contributed by atoms with Gasteiger partial charge in [0.15, 0.2) is 5.85 Å². The molecule has 5 heteroatoms. The lowest BCUT2D eigenvalue weighted by molar-refractivity contribution is 0.218. The monoisotopic (exact) mass is 294 g/mol. The third kappa shape index (κ3) is 2.98.